The van der Waals surface area contributed by atoms with Gasteiger partial charge in [0.15, 0.2) is 0 Å². The molecule has 3 rings (SSSR count). The molecule has 5 atom stereocenters. The van der Waals surface area contributed by atoms with Crippen LogP contribution in [0.15, 0.2) is 23.0 Å². The number of fused-ring (bicyclic) bond motifs is 1. The molecule has 2 aliphatic heterocycles. The molecule has 2 fully saturated rings. The lowest BCUT2D eigenvalue weighted by Gasteiger charge is -2.61. The van der Waals surface area contributed by atoms with Gasteiger partial charge in [0.05, 0.1) is 25.1 Å². The third-order valence-electron chi connectivity index (χ3n) is 5.12. The first kappa shape index (κ1) is 12.2. The molecule has 0 spiro atoms. The van der Waals surface area contributed by atoms with Crippen LogP contribution in [0.1, 0.15) is 51.1 Å². The van der Waals surface area contributed by atoms with Crippen LogP contribution in [0.5, 0.6) is 0 Å². The molecule has 3 heteroatoms. The number of rotatable bonds is 1. The van der Waals surface area contributed by atoms with E-state index in [0.29, 0.717) is 17.9 Å². The van der Waals surface area contributed by atoms with Crippen LogP contribution in [-0.2, 0) is 0 Å². The fourth-order valence-electron chi connectivity index (χ4n) is 4.18. The van der Waals surface area contributed by atoms with Crippen molar-refractivity contribution in [3.05, 3.63) is 29.4 Å². The lowest BCUT2D eigenvalue weighted by Crippen LogP contribution is -2.62. The average Bonchev–Trinajstić information content (AvgIpc) is 2.81. The fraction of sp³-hybridized carbons (Fsp3) is 0.733. The molecule has 0 saturated carbocycles. The number of furan rings is 1. The Morgan fingerprint density at radius 2 is 2.06 bits per heavy atom. The van der Waals surface area contributed by atoms with Gasteiger partial charge in [0.2, 0.25) is 0 Å². The Bertz CT molecular complexity index is 403. The molecule has 1 aromatic rings. The zero-order valence-corrected chi connectivity index (χ0v) is 11.3. The molecule has 0 bridgehead atoms. The first-order valence-electron chi connectivity index (χ1n) is 7.22. The van der Waals surface area contributed by atoms with E-state index >= 15 is 0 Å². The molecule has 3 heterocycles. The van der Waals surface area contributed by atoms with Crippen LogP contribution in [0.4, 0.5) is 0 Å². The Labute approximate surface area is 109 Å². The number of hydrogen-bond acceptors (Lipinski definition) is 2. The third kappa shape index (κ3) is 1.81. The maximum atomic E-state index is 13.5. The Hall–Kier alpha value is -0.800. The molecule has 2 aliphatic rings. The molecule has 2 saturated heterocycles. The molecule has 100 valence electrons. The van der Waals surface area contributed by atoms with Gasteiger partial charge in [0.25, 0.3) is 0 Å². The minimum absolute atomic E-state index is 0.00185. The summed E-state index contributed by atoms with van der Waals surface area (Å²) in [5, 5.41) is 13.5. The standard InChI is InChI=1S/C15H23NO2/c1-11-3-5-14-12(2)4-6-15(16(14,17)9-11)13-7-8-18-10-13/h7-8,10-12,14-15H,3-6,9H2,1-2H3/t11-,12+,14-,15-,16-/m1/s1. The summed E-state index contributed by atoms with van der Waals surface area (Å²) in [6.45, 7) is 5.27. The number of piperidine rings is 2. The van der Waals surface area contributed by atoms with Gasteiger partial charge in [-0.05, 0) is 18.9 Å². The van der Waals surface area contributed by atoms with E-state index in [1.807, 2.05) is 6.07 Å². The molecule has 3 nitrogen and oxygen atoms in total. The van der Waals surface area contributed by atoms with Gasteiger partial charge in [-0.3, -0.25) is 0 Å². The van der Waals surface area contributed by atoms with Gasteiger partial charge in [0.1, 0.15) is 6.04 Å². The van der Waals surface area contributed by atoms with Crippen molar-refractivity contribution >= 4 is 0 Å². The topological polar surface area (TPSA) is 36.2 Å². The zero-order chi connectivity index (χ0) is 12.8. The SMILES string of the molecule is C[C@@H]1CC[C@@H]2[C@@H](C)CC[C@H](c3ccoc3)[N@@+]2([O-])C1. The predicted octanol–water partition coefficient (Wildman–Crippen LogP) is 3.86. The van der Waals surface area contributed by atoms with E-state index in [1.165, 1.54) is 12.8 Å². The van der Waals surface area contributed by atoms with Crippen molar-refractivity contribution in [1.29, 1.82) is 0 Å². The lowest BCUT2D eigenvalue weighted by molar-refractivity contribution is -0.952. The predicted molar refractivity (Wildman–Crippen MR) is 70.5 cm³/mol. The highest BCUT2D eigenvalue weighted by Gasteiger charge is 2.47. The highest BCUT2D eigenvalue weighted by Crippen LogP contribution is 2.48. The maximum absolute atomic E-state index is 13.5. The molecule has 0 aliphatic carbocycles. The number of hydroxylamine groups is 3. The van der Waals surface area contributed by atoms with Crippen molar-refractivity contribution in [1.82, 2.24) is 0 Å². The summed E-state index contributed by atoms with van der Waals surface area (Å²) >= 11 is 0. The van der Waals surface area contributed by atoms with E-state index in [-0.39, 0.29) is 10.7 Å². The molecule has 1 aromatic heterocycles. The van der Waals surface area contributed by atoms with Gasteiger partial charge < -0.3 is 14.3 Å². The van der Waals surface area contributed by atoms with E-state index in [9.17, 15) is 5.21 Å². The molecular formula is C15H23NO2. The van der Waals surface area contributed by atoms with Crippen LogP contribution in [0.25, 0.3) is 0 Å². The van der Waals surface area contributed by atoms with Crippen molar-refractivity contribution in [3.8, 4) is 0 Å². The molecule has 0 amide bonds. The quantitative estimate of drug-likeness (QED) is 0.559. The number of nitrogens with zero attached hydrogens (tertiary/aromatic N) is 1. The van der Waals surface area contributed by atoms with Crippen molar-refractivity contribution < 1.29 is 9.06 Å². The van der Waals surface area contributed by atoms with Crippen molar-refractivity contribution in [2.75, 3.05) is 6.54 Å². The van der Waals surface area contributed by atoms with Crippen molar-refractivity contribution in [3.63, 3.8) is 0 Å². The van der Waals surface area contributed by atoms with Gasteiger partial charge in [-0.25, -0.2) is 0 Å². The highest BCUT2D eigenvalue weighted by atomic mass is 16.6. The normalized spacial score (nSPS) is 44.6. The summed E-state index contributed by atoms with van der Waals surface area (Å²) in [6, 6.07) is 2.39. The lowest BCUT2D eigenvalue weighted by atomic mass is 9.77. The second-order valence-corrected chi connectivity index (χ2v) is 6.41. The van der Waals surface area contributed by atoms with Crippen LogP contribution < -0.4 is 0 Å². The molecular weight excluding hydrogens is 226 g/mol. The number of quaternary nitrogens is 1. The minimum atomic E-state index is 0.00185. The Balaban J connectivity index is 1.95. The fourth-order valence-corrected chi connectivity index (χ4v) is 4.18. The maximum Gasteiger partial charge on any atom is 0.118 e. The summed E-state index contributed by atoms with van der Waals surface area (Å²) in [4.78, 5) is 0. The van der Waals surface area contributed by atoms with Crippen molar-refractivity contribution in [2.45, 2.75) is 51.6 Å². The first-order chi connectivity index (χ1) is 8.61. The molecule has 18 heavy (non-hydrogen) atoms. The average molecular weight is 249 g/mol. The van der Waals surface area contributed by atoms with Gasteiger partial charge in [-0.2, -0.15) is 0 Å². The Morgan fingerprint density at radius 3 is 2.78 bits per heavy atom. The summed E-state index contributed by atoms with van der Waals surface area (Å²) in [5.41, 5.74) is 1.11. The van der Waals surface area contributed by atoms with Crippen LogP contribution in [0.3, 0.4) is 0 Å². The third-order valence-corrected chi connectivity index (χ3v) is 5.12. The molecule has 0 unspecified atom stereocenters. The van der Waals surface area contributed by atoms with E-state index < -0.39 is 0 Å². The molecule has 0 N–H and O–H groups in total. The summed E-state index contributed by atoms with van der Waals surface area (Å²) < 4.78 is 5.20. The zero-order valence-electron chi connectivity index (χ0n) is 11.3. The molecule has 0 radical (unpaired) electrons. The Kier molecular flexibility index (Phi) is 2.99. The second kappa shape index (κ2) is 4.39. The largest absolute Gasteiger partial charge is 0.632 e. The van der Waals surface area contributed by atoms with Crippen molar-refractivity contribution in [2.24, 2.45) is 11.8 Å². The molecule has 0 aromatic carbocycles. The van der Waals surface area contributed by atoms with E-state index in [4.69, 9.17) is 4.42 Å². The summed E-state index contributed by atoms with van der Waals surface area (Å²) in [6.07, 6.45) is 7.97. The van der Waals surface area contributed by atoms with Crippen LogP contribution in [0, 0.1) is 17.0 Å². The van der Waals surface area contributed by atoms with Crippen LogP contribution in [-0.4, -0.2) is 17.2 Å². The van der Waals surface area contributed by atoms with Gasteiger partial charge >= 0.3 is 0 Å². The summed E-state index contributed by atoms with van der Waals surface area (Å²) in [5.74, 6) is 1.12. The van der Waals surface area contributed by atoms with Gasteiger partial charge in [0, 0.05) is 30.2 Å². The van der Waals surface area contributed by atoms with E-state index in [2.05, 4.69) is 13.8 Å². The monoisotopic (exact) mass is 249 g/mol. The second-order valence-electron chi connectivity index (χ2n) is 6.41. The van der Waals surface area contributed by atoms with Crippen LogP contribution in [0.2, 0.25) is 0 Å². The summed E-state index contributed by atoms with van der Waals surface area (Å²) in [7, 11) is 0. The van der Waals surface area contributed by atoms with E-state index in [1.54, 1.807) is 12.5 Å². The minimum Gasteiger partial charge on any atom is -0.632 e. The van der Waals surface area contributed by atoms with Gasteiger partial charge in [-0.15, -0.1) is 0 Å². The van der Waals surface area contributed by atoms with Crippen LogP contribution >= 0.6 is 0 Å². The Morgan fingerprint density at radius 1 is 1.22 bits per heavy atom. The smallest absolute Gasteiger partial charge is 0.118 e. The van der Waals surface area contributed by atoms with E-state index in [0.717, 1.165) is 24.9 Å². The highest BCUT2D eigenvalue weighted by molar-refractivity contribution is 5.11. The number of hydrogen-bond donors (Lipinski definition) is 0. The first-order valence-corrected chi connectivity index (χ1v) is 7.22. The van der Waals surface area contributed by atoms with Gasteiger partial charge in [-0.1, -0.05) is 13.8 Å².